The van der Waals surface area contributed by atoms with Crippen LogP contribution in [0.4, 0.5) is 5.69 Å². The van der Waals surface area contributed by atoms with Crippen LogP contribution in [-0.2, 0) is 25.4 Å². The van der Waals surface area contributed by atoms with Crippen LogP contribution in [0.3, 0.4) is 0 Å². The second-order valence-electron chi connectivity index (χ2n) is 10.9. The van der Waals surface area contributed by atoms with E-state index in [-0.39, 0.29) is 29.5 Å². The maximum Gasteiger partial charge on any atom is 0.247 e. The summed E-state index contributed by atoms with van der Waals surface area (Å²) in [5.74, 6) is 2.02. The number of hydrogen-bond acceptors (Lipinski definition) is 4. The second-order valence-corrected chi connectivity index (χ2v) is 12.7. The summed E-state index contributed by atoms with van der Waals surface area (Å²) in [6.07, 6.45) is 9.93. The zero-order valence-corrected chi connectivity index (χ0v) is 20.5. The van der Waals surface area contributed by atoms with Crippen molar-refractivity contribution in [3.05, 3.63) is 42.5 Å². The Morgan fingerprint density at radius 1 is 1.06 bits per heavy atom. The van der Waals surface area contributed by atoms with Crippen molar-refractivity contribution in [1.29, 1.82) is 0 Å². The molecule has 184 valence electrons. The number of amides is 2. The fraction of sp³-hybridized carbons (Fsp3) is 0.615. The van der Waals surface area contributed by atoms with E-state index in [0.717, 1.165) is 25.7 Å². The quantitative estimate of drug-likeness (QED) is 0.552. The third kappa shape index (κ3) is 4.67. The molecule has 0 aromatic heterocycles. The van der Waals surface area contributed by atoms with Gasteiger partial charge in [0.15, 0.2) is 0 Å². The van der Waals surface area contributed by atoms with Crippen LogP contribution in [0.2, 0.25) is 0 Å². The van der Waals surface area contributed by atoms with Crippen molar-refractivity contribution < 1.29 is 18.0 Å². The number of hydrogen-bond donors (Lipinski definition) is 2. The fourth-order valence-corrected chi connectivity index (χ4v) is 8.43. The largest absolute Gasteiger partial charge is 0.330 e. The van der Waals surface area contributed by atoms with Crippen LogP contribution in [0.5, 0.6) is 0 Å². The molecule has 8 heteroatoms. The van der Waals surface area contributed by atoms with Gasteiger partial charge in [0.1, 0.15) is 6.04 Å². The molecule has 7 nitrogen and oxygen atoms in total. The Labute approximate surface area is 202 Å². The number of likely N-dealkylation sites (tertiary alicyclic amines) is 1. The molecule has 5 fully saturated rings. The lowest BCUT2D eigenvalue weighted by Crippen LogP contribution is -2.56. The number of benzene rings is 1. The number of nitrogens with one attached hydrogen (secondary N) is 2. The Morgan fingerprint density at radius 3 is 2.26 bits per heavy atom. The van der Waals surface area contributed by atoms with Crippen LogP contribution in [-0.4, -0.2) is 44.3 Å². The first-order chi connectivity index (χ1) is 16.3. The minimum absolute atomic E-state index is 0.134. The highest BCUT2D eigenvalue weighted by atomic mass is 32.2. The number of carbonyl (C=O) groups excluding carboxylic acids is 2. The van der Waals surface area contributed by atoms with E-state index in [1.165, 1.54) is 25.3 Å². The van der Waals surface area contributed by atoms with E-state index in [2.05, 4.69) is 16.6 Å². The van der Waals surface area contributed by atoms with Crippen molar-refractivity contribution in [1.82, 2.24) is 9.62 Å². The smallest absolute Gasteiger partial charge is 0.247 e. The highest BCUT2D eigenvalue weighted by Gasteiger charge is 2.56. The van der Waals surface area contributed by atoms with Gasteiger partial charge in [-0.15, -0.1) is 6.58 Å². The molecule has 1 aliphatic heterocycles. The molecule has 1 atom stereocenters. The topological polar surface area (TPSA) is 95.6 Å². The summed E-state index contributed by atoms with van der Waals surface area (Å²) in [4.78, 5) is 28.8. The lowest BCUT2D eigenvalue weighted by molar-refractivity contribution is -0.160. The SMILES string of the molecule is C=CCNS(=O)(=O)Cc1ccc(NC(=O)C2CCCN2C(=O)C23CC4CC(CC(C4)C2)C3)cc1. The fourth-order valence-electron chi connectivity index (χ4n) is 7.33. The van der Waals surface area contributed by atoms with Gasteiger partial charge in [-0.2, -0.15) is 0 Å². The molecule has 4 bridgehead atoms. The Morgan fingerprint density at radius 2 is 1.68 bits per heavy atom. The van der Waals surface area contributed by atoms with Crippen molar-refractivity contribution in [3.8, 4) is 0 Å². The standard InChI is InChI=1S/C26H35N3O4S/c1-2-9-27-34(32,33)17-18-5-7-22(8-6-18)28-24(30)23-4-3-10-29(23)25(31)26-14-19-11-20(15-26)13-21(12-19)16-26/h2,5-8,19-21,23,27H,1,3-4,9-17H2,(H,28,30). The number of sulfonamides is 1. The lowest BCUT2D eigenvalue weighted by Gasteiger charge is -2.56. The molecule has 1 aromatic rings. The van der Waals surface area contributed by atoms with Gasteiger partial charge in [-0.3, -0.25) is 9.59 Å². The summed E-state index contributed by atoms with van der Waals surface area (Å²) in [6.45, 7) is 4.36. The summed E-state index contributed by atoms with van der Waals surface area (Å²) >= 11 is 0. The molecule has 1 saturated heterocycles. The van der Waals surface area contributed by atoms with Crippen LogP contribution in [0.25, 0.3) is 0 Å². The van der Waals surface area contributed by atoms with Crippen molar-refractivity contribution in [3.63, 3.8) is 0 Å². The van der Waals surface area contributed by atoms with Gasteiger partial charge in [0.25, 0.3) is 0 Å². The predicted octanol–water partition coefficient (Wildman–Crippen LogP) is 3.44. The van der Waals surface area contributed by atoms with Gasteiger partial charge >= 0.3 is 0 Å². The van der Waals surface area contributed by atoms with Crippen LogP contribution < -0.4 is 10.0 Å². The van der Waals surface area contributed by atoms with E-state index in [0.29, 0.717) is 42.0 Å². The van der Waals surface area contributed by atoms with E-state index >= 15 is 0 Å². The van der Waals surface area contributed by atoms with Crippen LogP contribution in [0.15, 0.2) is 36.9 Å². The molecule has 1 aromatic carbocycles. The minimum Gasteiger partial charge on any atom is -0.330 e. The Bertz CT molecular complexity index is 1030. The molecule has 1 heterocycles. The number of carbonyl (C=O) groups is 2. The number of nitrogens with zero attached hydrogens (tertiary/aromatic N) is 1. The monoisotopic (exact) mass is 485 g/mol. The molecule has 2 amide bonds. The molecule has 5 aliphatic rings. The average molecular weight is 486 g/mol. The van der Waals surface area contributed by atoms with Crippen molar-refractivity contribution >= 4 is 27.5 Å². The van der Waals surface area contributed by atoms with Crippen LogP contribution in [0.1, 0.15) is 56.9 Å². The summed E-state index contributed by atoms with van der Waals surface area (Å²) in [5.41, 5.74) is 1.01. The van der Waals surface area contributed by atoms with Gasteiger partial charge in [0.2, 0.25) is 21.8 Å². The van der Waals surface area contributed by atoms with Crippen molar-refractivity contribution in [2.45, 2.75) is 63.2 Å². The van der Waals surface area contributed by atoms with E-state index in [9.17, 15) is 18.0 Å². The molecule has 0 spiro atoms. The summed E-state index contributed by atoms with van der Waals surface area (Å²) in [7, 11) is -3.43. The normalized spacial score (nSPS) is 32.1. The van der Waals surface area contributed by atoms with Gasteiger partial charge in [0.05, 0.1) is 11.2 Å². The van der Waals surface area contributed by atoms with E-state index in [1.807, 2.05) is 4.90 Å². The highest BCUT2D eigenvalue weighted by molar-refractivity contribution is 7.88. The van der Waals surface area contributed by atoms with Gasteiger partial charge in [-0.25, -0.2) is 13.1 Å². The number of anilines is 1. The Balaban J connectivity index is 1.22. The minimum atomic E-state index is -3.43. The molecule has 4 saturated carbocycles. The zero-order valence-electron chi connectivity index (χ0n) is 19.7. The van der Waals surface area contributed by atoms with Gasteiger partial charge in [0, 0.05) is 18.8 Å². The molecule has 34 heavy (non-hydrogen) atoms. The first-order valence-electron chi connectivity index (χ1n) is 12.6. The van der Waals surface area contributed by atoms with Crippen LogP contribution >= 0.6 is 0 Å². The van der Waals surface area contributed by atoms with E-state index < -0.39 is 16.1 Å². The molecule has 2 N–H and O–H groups in total. The Hall–Kier alpha value is -2.19. The lowest BCUT2D eigenvalue weighted by atomic mass is 9.49. The first kappa shape index (κ1) is 23.5. The Kier molecular flexibility index (Phi) is 6.31. The predicted molar refractivity (Wildman–Crippen MR) is 131 cm³/mol. The molecular weight excluding hydrogens is 450 g/mol. The van der Waals surface area contributed by atoms with Crippen molar-refractivity contribution in [2.24, 2.45) is 23.2 Å². The third-order valence-corrected chi connectivity index (χ3v) is 9.65. The maximum absolute atomic E-state index is 13.8. The maximum atomic E-state index is 13.8. The summed E-state index contributed by atoms with van der Waals surface area (Å²) in [6, 6.07) is 6.42. The summed E-state index contributed by atoms with van der Waals surface area (Å²) < 4.78 is 26.6. The summed E-state index contributed by atoms with van der Waals surface area (Å²) in [5, 5.41) is 2.96. The molecule has 1 unspecified atom stereocenters. The highest BCUT2D eigenvalue weighted by Crippen LogP contribution is 2.60. The molecule has 0 radical (unpaired) electrons. The van der Waals surface area contributed by atoms with Gasteiger partial charge < -0.3 is 10.2 Å². The first-order valence-corrected chi connectivity index (χ1v) is 14.2. The van der Waals surface area contributed by atoms with E-state index in [1.54, 1.807) is 24.3 Å². The van der Waals surface area contributed by atoms with Gasteiger partial charge in [-0.1, -0.05) is 18.2 Å². The number of rotatable bonds is 8. The van der Waals surface area contributed by atoms with Crippen molar-refractivity contribution in [2.75, 3.05) is 18.4 Å². The molecule has 6 rings (SSSR count). The second kappa shape index (κ2) is 9.11. The van der Waals surface area contributed by atoms with E-state index in [4.69, 9.17) is 0 Å². The average Bonchev–Trinajstić information content (AvgIpc) is 3.27. The van der Waals surface area contributed by atoms with Crippen LogP contribution in [0, 0.1) is 23.2 Å². The zero-order chi connectivity index (χ0) is 23.9. The molecular formula is C26H35N3O4S. The third-order valence-electron chi connectivity index (χ3n) is 8.33. The van der Waals surface area contributed by atoms with Gasteiger partial charge in [-0.05, 0) is 86.8 Å². The molecule has 4 aliphatic carbocycles.